The van der Waals surface area contributed by atoms with E-state index < -0.39 is 0 Å². The summed E-state index contributed by atoms with van der Waals surface area (Å²) < 4.78 is 0. The summed E-state index contributed by atoms with van der Waals surface area (Å²) >= 11 is 0. The molecule has 0 atom stereocenters. The molecule has 0 heterocycles. The van der Waals surface area contributed by atoms with Gasteiger partial charge in [-0.1, -0.05) is 0 Å². The van der Waals surface area contributed by atoms with E-state index in [0.717, 1.165) is 0 Å². The molecule has 0 N–H and O–H groups in total. The Labute approximate surface area is 57.3 Å². The van der Waals surface area contributed by atoms with E-state index in [1.807, 2.05) is 0 Å². The second kappa shape index (κ2) is 9.26. The normalized spacial score (nSPS) is 4.50. The fourth-order valence-corrected chi connectivity index (χ4v) is 0. The van der Waals surface area contributed by atoms with E-state index >= 15 is 0 Å². The summed E-state index contributed by atoms with van der Waals surface area (Å²) in [5.41, 5.74) is 0. The third-order valence-corrected chi connectivity index (χ3v) is 0. The number of rotatable bonds is 0. The van der Waals surface area contributed by atoms with Gasteiger partial charge in [0.25, 0.3) is 0 Å². The topological polar surface area (TPSA) is 0 Å². The molecule has 0 spiro atoms. The van der Waals surface area contributed by atoms with Gasteiger partial charge >= 0.3 is 22.4 Å². The van der Waals surface area contributed by atoms with Crippen LogP contribution in [0.4, 0.5) is 0 Å². The fourth-order valence-electron chi connectivity index (χ4n) is 0. The summed E-state index contributed by atoms with van der Waals surface area (Å²) in [7, 11) is 0. The smallest absolute Gasteiger partial charge is 0.365 e. The Morgan fingerprint density at radius 1 is 1.33 bits per heavy atom. The minimum Gasteiger partial charge on any atom is -0.365 e. The molecule has 0 aliphatic rings. The second-order valence-electron chi connectivity index (χ2n) is 1.39. The van der Waals surface area contributed by atoms with E-state index in [1.165, 1.54) is 0 Å². The number of hydrogen-bond acceptors (Lipinski definition) is 0. The Balaban J connectivity index is -0.0000000450. The Morgan fingerprint density at radius 2 is 1.33 bits per heavy atom. The fraction of sp³-hybridized carbons (Fsp3) is 0.500. The van der Waals surface area contributed by atoms with E-state index in [2.05, 4.69) is 20.5 Å². The van der Waals surface area contributed by atoms with E-state index in [1.54, 1.807) is 0 Å². The quantitative estimate of drug-likeness (QED) is 0.452. The van der Waals surface area contributed by atoms with Crippen LogP contribution in [0.25, 0.3) is 0 Å². The minimum atomic E-state index is 0. The van der Waals surface area contributed by atoms with Crippen molar-refractivity contribution in [2.45, 2.75) is 13.6 Å². The average Bonchev–Trinajstić information content (AvgIpc) is 0.811. The molecule has 0 saturated heterocycles. The van der Waals surface area contributed by atoms with Crippen LogP contribution in [0.15, 0.2) is 0 Å². The van der Waals surface area contributed by atoms with Crippen LogP contribution in [0.3, 0.4) is 0 Å². The van der Waals surface area contributed by atoms with Gasteiger partial charge in [0.15, 0.2) is 0 Å². The molecule has 2 heteroatoms. The van der Waals surface area contributed by atoms with Gasteiger partial charge in [-0.15, -0.1) is 13.6 Å². The van der Waals surface area contributed by atoms with Gasteiger partial charge in [-0.25, -0.2) is 0 Å². The summed E-state index contributed by atoms with van der Waals surface area (Å²) in [4.78, 5) is 0. The van der Waals surface area contributed by atoms with E-state index in [4.69, 9.17) is 0 Å². The van der Waals surface area contributed by atoms with Crippen molar-refractivity contribution in [2.24, 2.45) is 0 Å². The van der Waals surface area contributed by atoms with Crippen molar-refractivity contribution in [3.63, 3.8) is 0 Å². The van der Waals surface area contributed by atoms with Crippen LogP contribution in [-0.4, -0.2) is 6.71 Å². The van der Waals surface area contributed by atoms with Gasteiger partial charge in [0.05, 0.1) is 0 Å². The van der Waals surface area contributed by atoms with Crippen molar-refractivity contribution >= 4 is 6.71 Å². The van der Waals surface area contributed by atoms with Gasteiger partial charge in [0.2, 0.25) is 0 Å². The predicted molar refractivity (Wildman–Crippen MR) is 29.3 cm³/mol. The van der Waals surface area contributed by atoms with E-state index in [0.29, 0.717) is 6.71 Å². The zero-order chi connectivity index (χ0) is 3.58. The van der Waals surface area contributed by atoms with Crippen molar-refractivity contribution in [1.82, 2.24) is 0 Å². The molecule has 0 aliphatic heterocycles. The van der Waals surface area contributed by atoms with Crippen LogP contribution >= 0.6 is 0 Å². The molecule has 0 rings (SSSR count). The second-order valence-corrected chi connectivity index (χ2v) is 1.39. The first-order valence-electron chi connectivity index (χ1n) is 1.56. The zero-order valence-electron chi connectivity index (χ0n) is 4.73. The summed E-state index contributed by atoms with van der Waals surface area (Å²) in [6, 6.07) is 0. The maximum atomic E-state index is 3.64. The molecule has 0 aromatic rings. The third-order valence-electron chi connectivity index (χ3n) is 0. The molecule has 0 fully saturated rings. The van der Waals surface area contributed by atoms with Crippen molar-refractivity contribution in [3.8, 4) is 0 Å². The van der Waals surface area contributed by atoms with E-state index in [-0.39, 0.29) is 29.8 Å². The van der Waals surface area contributed by atoms with E-state index in [9.17, 15) is 0 Å². The van der Waals surface area contributed by atoms with Crippen molar-refractivity contribution < 1.29 is 22.4 Å². The van der Waals surface area contributed by atoms with Gasteiger partial charge in [0, 0.05) is 0 Å². The van der Waals surface area contributed by atoms with Crippen LogP contribution in [0.2, 0.25) is 13.6 Å². The Hall–Kier alpha value is 0.805. The maximum Gasteiger partial charge on any atom is 2.00 e. The Bertz CT molecular complexity index is 12.3. The predicted octanol–water partition coefficient (Wildman–Crippen LogP) is 1.56. The molecule has 0 nitrogen and oxygen atoms in total. The van der Waals surface area contributed by atoms with Crippen LogP contribution in [0.1, 0.15) is 0 Å². The average molecular weight is 251 g/mol. The molecule has 6 heavy (non-hydrogen) atoms. The summed E-state index contributed by atoms with van der Waals surface area (Å²) in [6.45, 7) is 8.33. The number of hydrogen-bond donors (Lipinski definition) is 0. The van der Waals surface area contributed by atoms with Crippen LogP contribution in [0, 0.1) is 14.2 Å². The van der Waals surface area contributed by atoms with Gasteiger partial charge in [-0.3, -0.25) is 0 Å². The molecule has 0 aliphatic carbocycles. The van der Waals surface area contributed by atoms with Crippen LogP contribution < -0.4 is 0 Å². The first kappa shape index (κ1) is 15.8. The van der Waals surface area contributed by atoms with Gasteiger partial charge < -0.3 is 14.2 Å². The summed E-state index contributed by atoms with van der Waals surface area (Å²) in [6.07, 6.45) is 0. The minimum absolute atomic E-state index is 0. The van der Waals surface area contributed by atoms with Crippen molar-refractivity contribution in [3.05, 3.63) is 14.2 Å². The molecule has 35 valence electrons. The summed E-state index contributed by atoms with van der Waals surface area (Å²) in [5.74, 6) is 0. The molecular weight excluding hydrogens is 240 g/mol. The zero-order valence-corrected chi connectivity index (χ0v) is 7.95. The molecule has 1 radical (unpaired) electrons. The molecule has 0 aromatic carbocycles. The Morgan fingerprint density at radius 3 is 1.33 bits per heavy atom. The van der Waals surface area contributed by atoms with Crippen molar-refractivity contribution in [2.75, 3.05) is 0 Å². The molecule has 0 saturated carbocycles. The SMILES string of the molecule is [CH2-]B(C)C.[CH3-].[Ta+2]. The monoisotopic (exact) mass is 251 g/mol. The molecule has 0 aromatic heterocycles. The Kier molecular flexibility index (Phi) is 24.4. The van der Waals surface area contributed by atoms with Gasteiger partial charge in [-0.2, -0.15) is 0 Å². The van der Waals surface area contributed by atoms with Gasteiger partial charge in [-0.05, 0) is 6.71 Å². The summed E-state index contributed by atoms with van der Waals surface area (Å²) in [5, 5.41) is 0. The largest absolute Gasteiger partial charge is 2.00 e. The first-order valence-corrected chi connectivity index (χ1v) is 1.56. The van der Waals surface area contributed by atoms with Crippen LogP contribution in [-0.2, 0) is 22.4 Å². The van der Waals surface area contributed by atoms with Crippen molar-refractivity contribution in [1.29, 1.82) is 0 Å². The standard InChI is InChI=1S/C3H8B.CH3.Ta/c1-4(2)3;;/h1H2,2-3H3;1H3;/q2*-1;+2. The maximum absolute atomic E-state index is 3.64. The molecule has 0 amide bonds. The third kappa shape index (κ3) is 107. The van der Waals surface area contributed by atoms with Gasteiger partial charge in [0.1, 0.15) is 0 Å². The van der Waals surface area contributed by atoms with Crippen LogP contribution in [0.5, 0.6) is 0 Å². The molecule has 0 bridgehead atoms. The first-order chi connectivity index (χ1) is 1.73. The molecule has 0 unspecified atom stereocenters. The molecular formula is C4H11BTa.